The van der Waals surface area contributed by atoms with Crippen molar-refractivity contribution in [3.05, 3.63) is 66.4 Å². The number of aromatic nitrogens is 2. The molecular formula is C17H12N4S. The van der Waals surface area contributed by atoms with E-state index in [0.29, 0.717) is 0 Å². The summed E-state index contributed by atoms with van der Waals surface area (Å²) in [5.41, 5.74) is 5.98. The number of hydrogen-bond donors (Lipinski definition) is 1. The first-order chi connectivity index (χ1) is 10.9. The molecule has 4 nitrogen and oxygen atoms in total. The van der Waals surface area contributed by atoms with Gasteiger partial charge in [0.15, 0.2) is 0 Å². The first-order valence-corrected chi connectivity index (χ1v) is 7.70. The molecule has 0 atom stereocenters. The summed E-state index contributed by atoms with van der Waals surface area (Å²) < 4.78 is 1.15. The van der Waals surface area contributed by atoms with Crippen LogP contribution in [0, 0.1) is 0 Å². The van der Waals surface area contributed by atoms with Gasteiger partial charge in [-0.05, 0) is 24.3 Å². The highest BCUT2D eigenvalue weighted by molar-refractivity contribution is 7.22. The van der Waals surface area contributed by atoms with E-state index in [-0.39, 0.29) is 0 Å². The molecule has 1 N–H and O–H groups in total. The van der Waals surface area contributed by atoms with E-state index in [4.69, 9.17) is 0 Å². The lowest BCUT2D eigenvalue weighted by Gasteiger charge is -2.00. The number of fused-ring (bicyclic) bond motifs is 2. The molecule has 0 aliphatic heterocycles. The Bertz CT molecular complexity index is 936. The first kappa shape index (κ1) is 12.9. The maximum Gasteiger partial charge on any atom is 0.204 e. The summed E-state index contributed by atoms with van der Waals surface area (Å²) in [6.45, 7) is 0. The van der Waals surface area contributed by atoms with Gasteiger partial charge < -0.3 is 0 Å². The van der Waals surface area contributed by atoms with Gasteiger partial charge in [0.2, 0.25) is 5.13 Å². The molecule has 0 spiro atoms. The molecule has 0 aliphatic rings. The maximum atomic E-state index is 4.49. The van der Waals surface area contributed by atoms with E-state index >= 15 is 0 Å². The van der Waals surface area contributed by atoms with Crippen LogP contribution < -0.4 is 5.43 Å². The lowest BCUT2D eigenvalue weighted by Crippen LogP contribution is -1.91. The molecule has 0 saturated heterocycles. The Kier molecular flexibility index (Phi) is 3.25. The van der Waals surface area contributed by atoms with Crippen molar-refractivity contribution in [2.75, 3.05) is 5.43 Å². The number of nitrogens with zero attached hydrogens (tertiary/aromatic N) is 3. The van der Waals surface area contributed by atoms with Crippen molar-refractivity contribution in [1.29, 1.82) is 0 Å². The van der Waals surface area contributed by atoms with Crippen molar-refractivity contribution in [3.8, 4) is 0 Å². The van der Waals surface area contributed by atoms with Crippen molar-refractivity contribution in [3.63, 3.8) is 0 Å². The van der Waals surface area contributed by atoms with Crippen molar-refractivity contribution in [2.45, 2.75) is 0 Å². The molecule has 106 valence electrons. The van der Waals surface area contributed by atoms with Crippen LogP contribution in [0.5, 0.6) is 0 Å². The molecular weight excluding hydrogens is 292 g/mol. The lowest BCUT2D eigenvalue weighted by atomic mass is 10.1. The highest BCUT2D eigenvalue weighted by atomic mass is 32.1. The molecule has 5 heteroatoms. The Hall–Kier alpha value is -2.79. The average molecular weight is 304 g/mol. The first-order valence-electron chi connectivity index (χ1n) is 6.88. The maximum absolute atomic E-state index is 4.49. The third-order valence-corrected chi connectivity index (χ3v) is 4.28. The summed E-state index contributed by atoms with van der Waals surface area (Å²) in [7, 11) is 0. The molecule has 0 fully saturated rings. The van der Waals surface area contributed by atoms with Crippen LogP contribution in [0.3, 0.4) is 0 Å². The smallest absolute Gasteiger partial charge is 0.204 e. The quantitative estimate of drug-likeness (QED) is 0.454. The fraction of sp³-hybridized carbons (Fsp3) is 0. The van der Waals surface area contributed by atoms with Crippen LogP contribution in [-0.4, -0.2) is 16.2 Å². The molecule has 0 saturated carbocycles. The van der Waals surface area contributed by atoms with Gasteiger partial charge in [0.1, 0.15) is 0 Å². The van der Waals surface area contributed by atoms with Crippen LogP contribution in [0.2, 0.25) is 0 Å². The highest BCUT2D eigenvalue weighted by Crippen LogP contribution is 2.25. The van der Waals surface area contributed by atoms with Crippen LogP contribution >= 0.6 is 11.3 Å². The predicted molar refractivity (Wildman–Crippen MR) is 92.6 cm³/mol. The van der Waals surface area contributed by atoms with E-state index in [0.717, 1.165) is 31.8 Å². The van der Waals surface area contributed by atoms with Crippen LogP contribution in [0.1, 0.15) is 5.56 Å². The fourth-order valence-corrected chi connectivity index (χ4v) is 3.12. The minimum atomic E-state index is 0.788. The Morgan fingerprint density at radius 3 is 2.68 bits per heavy atom. The SMILES string of the molecule is C(=NNc1nc2ccccc2s1)c1ccnc2ccccc12. The summed E-state index contributed by atoms with van der Waals surface area (Å²) in [4.78, 5) is 8.83. The second kappa shape index (κ2) is 5.54. The Morgan fingerprint density at radius 2 is 1.77 bits per heavy atom. The molecule has 0 amide bonds. The highest BCUT2D eigenvalue weighted by Gasteiger charge is 2.01. The molecule has 2 heterocycles. The molecule has 4 rings (SSSR count). The van der Waals surface area contributed by atoms with Crippen LogP contribution in [0.25, 0.3) is 21.1 Å². The fourth-order valence-electron chi connectivity index (χ4n) is 2.31. The van der Waals surface area contributed by atoms with Crippen molar-refractivity contribution >= 4 is 43.8 Å². The van der Waals surface area contributed by atoms with Crippen LogP contribution in [0.4, 0.5) is 5.13 Å². The molecule has 22 heavy (non-hydrogen) atoms. The van der Waals surface area contributed by atoms with Crippen LogP contribution in [-0.2, 0) is 0 Å². The van der Waals surface area contributed by atoms with E-state index in [1.807, 2.05) is 48.5 Å². The van der Waals surface area contributed by atoms with Gasteiger partial charge in [-0.15, -0.1) is 0 Å². The van der Waals surface area contributed by atoms with Crippen molar-refractivity contribution in [2.24, 2.45) is 5.10 Å². The number of para-hydroxylation sites is 2. The zero-order valence-electron chi connectivity index (χ0n) is 11.6. The predicted octanol–water partition coefficient (Wildman–Crippen LogP) is 4.29. The number of hydrazone groups is 1. The zero-order chi connectivity index (χ0) is 14.8. The summed E-state index contributed by atoms with van der Waals surface area (Å²) in [5.74, 6) is 0. The third-order valence-electron chi connectivity index (χ3n) is 3.34. The third kappa shape index (κ3) is 2.42. The number of benzene rings is 2. The Labute approximate surface area is 131 Å². The summed E-state index contributed by atoms with van der Waals surface area (Å²) >= 11 is 1.59. The van der Waals surface area contributed by atoms with Gasteiger partial charge in [-0.1, -0.05) is 41.7 Å². The molecule has 2 aromatic carbocycles. The van der Waals surface area contributed by atoms with Crippen molar-refractivity contribution in [1.82, 2.24) is 9.97 Å². The van der Waals surface area contributed by atoms with Gasteiger partial charge in [-0.3, -0.25) is 10.4 Å². The van der Waals surface area contributed by atoms with Crippen molar-refractivity contribution < 1.29 is 0 Å². The number of hydrogen-bond acceptors (Lipinski definition) is 5. The van der Waals surface area contributed by atoms with Gasteiger partial charge in [0.05, 0.1) is 21.9 Å². The second-order valence-corrected chi connectivity index (χ2v) is 5.80. The molecule has 2 aromatic heterocycles. The zero-order valence-corrected chi connectivity index (χ0v) is 12.4. The van der Waals surface area contributed by atoms with Gasteiger partial charge in [-0.2, -0.15) is 5.10 Å². The summed E-state index contributed by atoms with van der Waals surface area (Å²) in [6.07, 6.45) is 3.59. The summed E-state index contributed by atoms with van der Waals surface area (Å²) in [6, 6.07) is 18.0. The Balaban J connectivity index is 1.61. The van der Waals surface area contributed by atoms with Gasteiger partial charge >= 0.3 is 0 Å². The van der Waals surface area contributed by atoms with E-state index in [1.54, 1.807) is 23.7 Å². The number of pyridine rings is 1. The van der Waals surface area contributed by atoms with Crippen LogP contribution in [0.15, 0.2) is 65.9 Å². The Morgan fingerprint density at radius 1 is 0.955 bits per heavy atom. The van der Waals surface area contributed by atoms with Gasteiger partial charge in [0.25, 0.3) is 0 Å². The normalized spacial score (nSPS) is 11.5. The largest absolute Gasteiger partial charge is 0.256 e. The molecule has 0 radical (unpaired) electrons. The summed E-state index contributed by atoms with van der Waals surface area (Å²) in [5, 5.41) is 6.17. The van der Waals surface area contributed by atoms with Gasteiger partial charge in [-0.25, -0.2) is 4.98 Å². The lowest BCUT2D eigenvalue weighted by molar-refractivity contribution is 1.31. The molecule has 0 unspecified atom stereocenters. The minimum absolute atomic E-state index is 0.788. The number of thiazole rings is 1. The molecule has 0 aliphatic carbocycles. The van der Waals surface area contributed by atoms with Gasteiger partial charge in [0, 0.05) is 17.1 Å². The van der Waals surface area contributed by atoms with E-state index in [2.05, 4.69) is 26.6 Å². The minimum Gasteiger partial charge on any atom is -0.256 e. The van der Waals surface area contributed by atoms with E-state index in [9.17, 15) is 0 Å². The standard InChI is InChI=1S/C17H12N4S/c1-2-6-14-13(5-1)12(9-10-18-14)11-19-21-17-20-15-7-3-4-8-16(15)22-17/h1-11H,(H,20,21). The average Bonchev–Trinajstić information content (AvgIpc) is 2.98. The number of nitrogens with one attached hydrogen (secondary N) is 1. The number of anilines is 1. The van der Waals surface area contributed by atoms with E-state index in [1.165, 1.54) is 0 Å². The monoisotopic (exact) mass is 304 g/mol. The second-order valence-electron chi connectivity index (χ2n) is 4.77. The topological polar surface area (TPSA) is 50.2 Å². The molecule has 0 bridgehead atoms. The number of rotatable bonds is 3. The molecule has 4 aromatic rings. The van der Waals surface area contributed by atoms with E-state index < -0.39 is 0 Å².